The summed E-state index contributed by atoms with van der Waals surface area (Å²) in [6.07, 6.45) is 5.79. The first-order chi connectivity index (χ1) is 15.4. The van der Waals surface area contributed by atoms with Crippen LogP contribution in [0.15, 0.2) is 30.6 Å². The second-order valence-electron chi connectivity index (χ2n) is 8.13. The number of hydrogen-bond acceptors (Lipinski definition) is 8. The average molecular weight is 444 g/mol. The van der Waals surface area contributed by atoms with Crippen molar-refractivity contribution in [3.05, 3.63) is 30.6 Å². The molecule has 3 heterocycles. The maximum Gasteiger partial charge on any atom is 0.500 e. The molecule has 11 heteroatoms. The molecule has 1 aromatic carbocycles. The van der Waals surface area contributed by atoms with E-state index in [4.69, 9.17) is 4.74 Å². The Morgan fingerprint density at radius 2 is 2.06 bits per heavy atom. The van der Waals surface area contributed by atoms with E-state index in [1.165, 1.54) is 0 Å². The van der Waals surface area contributed by atoms with Crippen molar-refractivity contribution in [2.75, 3.05) is 25.0 Å². The molecule has 4 rings (SSSR count). The van der Waals surface area contributed by atoms with Gasteiger partial charge in [0.2, 0.25) is 10.4 Å². The van der Waals surface area contributed by atoms with Gasteiger partial charge in [-0.3, -0.25) is 14.8 Å². The molecule has 0 bridgehead atoms. The molecule has 32 heavy (non-hydrogen) atoms. The molecule has 1 fully saturated rings. The first-order valence-corrected chi connectivity index (χ1v) is 10.8. The van der Waals surface area contributed by atoms with E-state index in [2.05, 4.69) is 20.8 Å². The third kappa shape index (κ3) is 4.72. The average Bonchev–Trinajstić information content (AvgIpc) is 3.27. The second-order valence-corrected chi connectivity index (χ2v) is 8.13. The van der Waals surface area contributed by atoms with Crippen LogP contribution in [0.2, 0.25) is 0 Å². The van der Waals surface area contributed by atoms with Crippen LogP contribution >= 0.6 is 0 Å². The summed E-state index contributed by atoms with van der Waals surface area (Å²) >= 11 is 0. The molecule has 4 N–H and O–H groups in total. The van der Waals surface area contributed by atoms with Gasteiger partial charge in [0.15, 0.2) is 0 Å². The minimum absolute atomic E-state index is 0.00354. The van der Waals surface area contributed by atoms with E-state index in [0.717, 1.165) is 41.8 Å². The SMILES string of the molecule is CC(C)OC(=O)CCNc1n[n+](O)c2cc(-c3cnn(C4CCNCC4)c3)ccc2[n+]1O. The van der Waals surface area contributed by atoms with Crippen LogP contribution in [0.3, 0.4) is 0 Å². The highest BCUT2D eigenvalue weighted by molar-refractivity contribution is 5.76. The van der Waals surface area contributed by atoms with Gasteiger partial charge in [-0.25, -0.2) is 5.21 Å². The van der Waals surface area contributed by atoms with E-state index in [1.807, 2.05) is 16.9 Å². The highest BCUT2D eigenvalue weighted by atomic mass is 16.5. The molecule has 3 aromatic rings. The van der Waals surface area contributed by atoms with E-state index in [1.54, 1.807) is 32.2 Å². The summed E-state index contributed by atoms with van der Waals surface area (Å²) < 4.78 is 7.92. The van der Waals surface area contributed by atoms with Crippen molar-refractivity contribution in [3.8, 4) is 11.1 Å². The molecule has 2 aromatic heterocycles. The zero-order chi connectivity index (χ0) is 22.7. The number of anilines is 1. The van der Waals surface area contributed by atoms with Gasteiger partial charge in [0.1, 0.15) is 0 Å². The highest BCUT2D eigenvalue weighted by Crippen LogP contribution is 2.25. The fourth-order valence-corrected chi connectivity index (χ4v) is 3.81. The number of benzene rings is 1. The van der Waals surface area contributed by atoms with E-state index < -0.39 is 0 Å². The summed E-state index contributed by atoms with van der Waals surface area (Å²) in [6.45, 7) is 5.72. The lowest BCUT2D eigenvalue weighted by Gasteiger charge is -2.22. The predicted molar refractivity (Wildman–Crippen MR) is 113 cm³/mol. The smallest absolute Gasteiger partial charge is 0.463 e. The van der Waals surface area contributed by atoms with Crippen LogP contribution in [-0.4, -0.2) is 57.0 Å². The highest BCUT2D eigenvalue weighted by Gasteiger charge is 2.28. The molecule has 170 valence electrons. The largest absolute Gasteiger partial charge is 0.500 e. The number of carbonyl (C=O) groups is 1. The number of nitrogens with zero attached hydrogens (tertiary/aromatic N) is 5. The second kappa shape index (κ2) is 9.35. The Morgan fingerprint density at radius 3 is 2.81 bits per heavy atom. The van der Waals surface area contributed by atoms with Crippen molar-refractivity contribution >= 4 is 23.0 Å². The predicted octanol–water partition coefficient (Wildman–Crippen LogP) is 0.826. The summed E-state index contributed by atoms with van der Waals surface area (Å²) in [4.78, 5) is 12.4. The summed E-state index contributed by atoms with van der Waals surface area (Å²) in [7, 11) is 0. The molecule has 1 saturated heterocycles. The van der Waals surface area contributed by atoms with E-state index in [9.17, 15) is 15.2 Å². The quantitative estimate of drug-likeness (QED) is 0.240. The van der Waals surface area contributed by atoms with E-state index in [0.29, 0.717) is 21.9 Å². The van der Waals surface area contributed by atoms with Gasteiger partial charge in [-0.1, -0.05) is 6.07 Å². The fourth-order valence-electron chi connectivity index (χ4n) is 3.81. The maximum absolute atomic E-state index is 11.7. The molecule has 1 aliphatic heterocycles. The molecule has 0 spiro atoms. The van der Waals surface area contributed by atoms with Crippen LogP contribution < -0.4 is 20.2 Å². The molecule has 0 radical (unpaired) electrons. The van der Waals surface area contributed by atoms with Crippen LogP contribution in [0.1, 0.15) is 39.2 Å². The Kier molecular flexibility index (Phi) is 6.35. The lowest BCUT2D eigenvalue weighted by Crippen LogP contribution is -2.47. The van der Waals surface area contributed by atoms with Gasteiger partial charge in [-0.15, -0.1) is 0 Å². The molecule has 0 atom stereocenters. The Morgan fingerprint density at radius 1 is 1.28 bits per heavy atom. The van der Waals surface area contributed by atoms with Gasteiger partial charge in [0.05, 0.1) is 31.3 Å². The summed E-state index contributed by atoms with van der Waals surface area (Å²) in [5, 5.41) is 35.6. The number of hydrogen-bond donors (Lipinski definition) is 4. The Labute approximate surface area is 185 Å². The molecular formula is C21H29N7O4+2. The van der Waals surface area contributed by atoms with Crippen molar-refractivity contribution < 1.29 is 29.5 Å². The Bertz CT molecular complexity index is 1110. The lowest BCUT2D eigenvalue weighted by molar-refractivity contribution is -0.950. The van der Waals surface area contributed by atoms with E-state index >= 15 is 0 Å². The van der Waals surface area contributed by atoms with Crippen LogP contribution in [0, 0.1) is 0 Å². The third-order valence-corrected chi connectivity index (χ3v) is 5.41. The minimum atomic E-state index is -0.357. The third-order valence-electron chi connectivity index (χ3n) is 5.41. The van der Waals surface area contributed by atoms with Crippen molar-refractivity contribution in [2.24, 2.45) is 0 Å². The first-order valence-electron chi connectivity index (χ1n) is 10.8. The number of aromatic nitrogens is 5. The van der Waals surface area contributed by atoms with Gasteiger partial charge >= 0.3 is 17.4 Å². The zero-order valence-corrected chi connectivity index (χ0v) is 18.2. The molecule has 0 unspecified atom stereocenters. The van der Waals surface area contributed by atoms with Gasteiger partial charge < -0.3 is 15.3 Å². The number of rotatable bonds is 7. The number of ether oxygens (including phenoxy) is 1. The molecule has 0 amide bonds. The minimum Gasteiger partial charge on any atom is -0.463 e. The Balaban J connectivity index is 1.52. The van der Waals surface area contributed by atoms with Crippen molar-refractivity contribution in [3.63, 3.8) is 0 Å². The summed E-state index contributed by atoms with van der Waals surface area (Å²) in [5.74, 6) is -0.354. The fraction of sp³-hybridized carbons (Fsp3) is 0.476. The molecule has 1 aliphatic rings. The number of nitrogens with one attached hydrogen (secondary N) is 2. The van der Waals surface area contributed by atoms with Crippen LogP contribution in [0.25, 0.3) is 22.2 Å². The standard InChI is InChI=1S/C21H28N7O4/c1-14(2)32-20(29)7-10-23-21-25-28(31)19-11-15(3-4-18(19)27(21)30)16-12-24-26(13-16)17-5-8-22-9-6-17/h3-4,11-14,17,22,30H,5-10H2,1-2H3,(H,23,25,31)/q+1/p+1. The number of carbonyl (C=O) groups excluding carboxylic acids is 1. The van der Waals surface area contributed by atoms with Gasteiger partial charge in [-0.05, 0) is 56.1 Å². The van der Waals surface area contributed by atoms with Crippen LogP contribution in [0.5, 0.6) is 0 Å². The molecule has 11 nitrogen and oxygen atoms in total. The summed E-state index contributed by atoms with van der Waals surface area (Å²) in [6, 6.07) is 5.66. The zero-order valence-electron chi connectivity index (χ0n) is 18.2. The molecule has 0 saturated carbocycles. The van der Waals surface area contributed by atoms with Gasteiger partial charge in [-0.2, -0.15) is 5.10 Å². The summed E-state index contributed by atoms with van der Waals surface area (Å²) in [5.41, 5.74) is 2.44. The lowest BCUT2D eigenvalue weighted by atomic mass is 10.1. The maximum atomic E-state index is 11.7. The van der Waals surface area contributed by atoms with Gasteiger partial charge in [0, 0.05) is 17.8 Å². The molecular weight excluding hydrogens is 414 g/mol. The normalized spacial score (nSPS) is 14.7. The van der Waals surface area contributed by atoms with Crippen molar-refractivity contribution in [1.82, 2.24) is 20.2 Å². The first kappa shape index (κ1) is 21.8. The monoisotopic (exact) mass is 443 g/mol. The topological polar surface area (TPSA) is 129 Å². The van der Waals surface area contributed by atoms with Crippen LogP contribution in [-0.2, 0) is 9.53 Å². The van der Waals surface area contributed by atoms with E-state index in [-0.39, 0.29) is 31.0 Å². The molecule has 0 aliphatic carbocycles. The van der Waals surface area contributed by atoms with Crippen molar-refractivity contribution in [2.45, 2.75) is 45.3 Å². The number of fused-ring (bicyclic) bond motifs is 1. The Hall–Kier alpha value is -3.47. The number of piperidine rings is 1. The van der Waals surface area contributed by atoms with Crippen molar-refractivity contribution in [1.29, 1.82) is 0 Å². The van der Waals surface area contributed by atoms with Gasteiger partial charge in [0.25, 0.3) is 5.10 Å². The van der Waals surface area contributed by atoms with Crippen LogP contribution in [0.4, 0.5) is 5.95 Å². The number of esters is 1.